The molecule has 28 heavy (non-hydrogen) atoms. The molecule has 7 atom stereocenters. The van der Waals surface area contributed by atoms with E-state index in [-0.39, 0.29) is 42.7 Å². The van der Waals surface area contributed by atoms with Gasteiger partial charge < -0.3 is 19.7 Å². The molecule has 0 spiro atoms. The summed E-state index contributed by atoms with van der Waals surface area (Å²) in [6, 6.07) is 0. The molecule has 1 heterocycles. The molecule has 8 nitrogen and oxygen atoms in total. The van der Waals surface area contributed by atoms with Crippen LogP contribution < -0.4 is 0 Å². The van der Waals surface area contributed by atoms with Crippen molar-refractivity contribution in [2.24, 2.45) is 35.0 Å². The second kappa shape index (κ2) is 7.37. The van der Waals surface area contributed by atoms with E-state index in [0.717, 1.165) is 6.42 Å². The van der Waals surface area contributed by atoms with Crippen LogP contribution in [0.3, 0.4) is 0 Å². The predicted molar refractivity (Wildman–Crippen MR) is 95.0 cm³/mol. The maximum Gasteiger partial charge on any atom is 0.309 e. The van der Waals surface area contributed by atoms with Crippen molar-refractivity contribution < 1.29 is 38.9 Å². The molecule has 3 rings (SSSR count). The van der Waals surface area contributed by atoms with E-state index >= 15 is 0 Å². The van der Waals surface area contributed by atoms with Gasteiger partial charge in [0, 0.05) is 11.8 Å². The van der Waals surface area contributed by atoms with Gasteiger partial charge in [-0.2, -0.15) is 0 Å². The van der Waals surface area contributed by atoms with Gasteiger partial charge in [0.1, 0.15) is 12.2 Å². The molecule has 0 aromatic carbocycles. The molecule has 3 aliphatic rings. The van der Waals surface area contributed by atoms with E-state index in [2.05, 4.69) is 0 Å². The van der Waals surface area contributed by atoms with Crippen LogP contribution in [-0.2, 0) is 28.7 Å². The van der Waals surface area contributed by atoms with E-state index in [1.165, 1.54) is 13.8 Å². The van der Waals surface area contributed by atoms with E-state index < -0.39 is 41.3 Å². The van der Waals surface area contributed by atoms with Gasteiger partial charge in [0.15, 0.2) is 0 Å². The van der Waals surface area contributed by atoms with Crippen molar-refractivity contribution in [1.82, 2.24) is 0 Å². The largest absolute Gasteiger partial charge is 0.481 e. The van der Waals surface area contributed by atoms with E-state index in [1.54, 1.807) is 6.92 Å². The lowest BCUT2D eigenvalue weighted by Crippen LogP contribution is -2.38. The smallest absolute Gasteiger partial charge is 0.309 e. The standard InChI is InChI=1S/C20H28O8/c1-4-9(5-11(16(21)22)8-20(2,3)19(25)26)17(23)27-14-10-6-12-13(7-10)18(24)28-15(12)14/h9-15H,4-8H2,1-3H3,(H,21,22)(H,25,26). The second-order valence-corrected chi connectivity index (χ2v) is 9.07. The van der Waals surface area contributed by atoms with Crippen molar-refractivity contribution in [1.29, 1.82) is 0 Å². The van der Waals surface area contributed by atoms with Crippen LogP contribution in [0.4, 0.5) is 0 Å². The van der Waals surface area contributed by atoms with Crippen molar-refractivity contribution in [3.8, 4) is 0 Å². The molecule has 0 amide bonds. The number of esters is 2. The zero-order chi connectivity index (χ0) is 20.8. The average molecular weight is 396 g/mol. The summed E-state index contributed by atoms with van der Waals surface area (Å²) in [4.78, 5) is 47.6. The topological polar surface area (TPSA) is 127 Å². The molecule has 1 aliphatic heterocycles. The van der Waals surface area contributed by atoms with Gasteiger partial charge in [-0.15, -0.1) is 0 Å². The number of carboxylic acids is 2. The summed E-state index contributed by atoms with van der Waals surface area (Å²) < 4.78 is 11.1. The zero-order valence-electron chi connectivity index (χ0n) is 16.4. The summed E-state index contributed by atoms with van der Waals surface area (Å²) in [6.45, 7) is 4.73. The molecule has 1 saturated heterocycles. The number of carbonyl (C=O) groups is 4. The van der Waals surface area contributed by atoms with Crippen LogP contribution in [-0.4, -0.2) is 46.3 Å². The van der Waals surface area contributed by atoms with Gasteiger partial charge in [-0.05, 0) is 46.0 Å². The highest BCUT2D eigenvalue weighted by Gasteiger charge is 2.63. The van der Waals surface area contributed by atoms with Gasteiger partial charge in [-0.3, -0.25) is 19.2 Å². The summed E-state index contributed by atoms with van der Waals surface area (Å²) in [5.74, 6) is -4.31. The third-order valence-electron chi connectivity index (χ3n) is 6.75. The van der Waals surface area contributed by atoms with Gasteiger partial charge in [0.05, 0.1) is 23.2 Å². The number of fused-ring (bicyclic) bond motifs is 1. The van der Waals surface area contributed by atoms with Crippen LogP contribution >= 0.6 is 0 Å². The van der Waals surface area contributed by atoms with Crippen molar-refractivity contribution in [2.75, 3.05) is 0 Å². The zero-order valence-corrected chi connectivity index (χ0v) is 16.4. The first-order valence-corrected chi connectivity index (χ1v) is 9.92. The molecule has 3 fully saturated rings. The minimum absolute atomic E-state index is 0.0231. The molecular weight excluding hydrogens is 368 g/mol. The Bertz CT molecular complexity index is 684. The molecule has 0 aromatic rings. The van der Waals surface area contributed by atoms with Crippen molar-refractivity contribution in [2.45, 2.75) is 65.1 Å². The maximum atomic E-state index is 12.7. The van der Waals surface area contributed by atoms with E-state index in [9.17, 15) is 29.4 Å². The van der Waals surface area contributed by atoms with Crippen LogP contribution in [0.2, 0.25) is 0 Å². The average Bonchev–Trinajstić information content (AvgIpc) is 3.23. The number of hydrogen-bond donors (Lipinski definition) is 2. The van der Waals surface area contributed by atoms with Crippen molar-refractivity contribution in [3.63, 3.8) is 0 Å². The summed E-state index contributed by atoms with van der Waals surface area (Å²) in [6.07, 6.45) is 1.02. The minimum Gasteiger partial charge on any atom is -0.481 e. The number of carbonyl (C=O) groups excluding carboxylic acids is 2. The quantitative estimate of drug-likeness (QED) is 0.567. The van der Waals surface area contributed by atoms with Crippen LogP contribution in [0.25, 0.3) is 0 Å². The highest BCUT2D eigenvalue weighted by Crippen LogP contribution is 2.55. The lowest BCUT2D eigenvalue weighted by atomic mass is 9.79. The van der Waals surface area contributed by atoms with Crippen LogP contribution in [0.5, 0.6) is 0 Å². The Hall–Kier alpha value is -2.12. The van der Waals surface area contributed by atoms with Gasteiger partial charge >= 0.3 is 23.9 Å². The number of aliphatic carboxylic acids is 2. The Morgan fingerprint density at radius 3 is 2.46 bits per heavy atom. The number of ether oxygens (including phenoxy) is 2. The molecule has 0 aromatic heterocycles. The summed E-state index contributed by atoms with van der Waals surface area (Å²) in [5, 5.41) is 18.8. The number of carboxylic acid groups (broad SMARTS) is 2. The molecule has 0 radical (unpaired) electrons. The summed E-state index contributed by atoms with van der Waals surface area (Å²) >= 11 is 0. The Labute approximate surface area is 163 Å². The molecule has 2 bridgehead atoms. The Balaban J connectivity index is 1.64. The van der Waals surface area contributed by atoms with Gasteiger partial charge in [0.25, 0.3) is 0 Å². The Morgan fingerprint density at radius 2 is 1.89 bits per heavy atom. The third-order valence-corrected chi connectivity index (χ3v) is 6.75. The summed E-state index contributed by atoms with van der Waals surface area (Å²) in [5.41, 5.74) is -1.21. The molecule has 156 valence electrons. The van der Waals surface area contributed by atoms with E-state index in [1.807, 2.05) is 0 Å². The van der Waals surface area contributed by atoms with Gasteiger partial charge in [-0.25, -0.2) is 0 Å². The number of rotatable bonds is 9. The van der Waals surface area contributed by atoms with Crippen LogP contribution in [0, 0.1) is 35.0 Å². The highest BCUT2D eigenvalue weighted by molar-refractivity contribution is 5.79. The first-order valence-electron chi connectivity index (χ1n) is 9.92. The molecule has 7 unspecified atom stereocenters. The monoisotopic (exact) mass is 396 g/mol. The molecule has 8 heteroatoms. The molecule has 2 N–H and O–H groups in total. The fourth-order valence-corrected chi connectivity index (χ4v) is 5.04. The van der Waals surface area contributed by atoms with Crippen LogP contribution in [0.15, 0.2) is 0 Å². The summed E-state index contributed by atoms with van der Waals surface area (Å²) in [7, 11) is 0. The predicted octanol–water partition coefficient (Wildman–Crippen LogP) is 2.10. The molecular formula is C20H28O8. The lowest BCUT2D eigenvalue weighted by molar-refractivity contribution is -0.167. The molecule has 2 aliphatic carbocycles. The molecule has 2 saturated carbocycles. The maximum absolute atomic E-state index is 12.7. The SMILES string of the molecule is CCC(CC(CC(C)(C)C(=O)O)C(=O)O)C(=O)OC1C2CC3C(=O)OC1C3C2. The first-order chi connectivity index (χ1) is 13.0. The normalized spacial score (nSPS) is 32.7. The lowest BCUT2D eigenvalue weighted by Gasteiger charge is -2.29. The van der Waals surface area contributed by atoms with Crippen molar-refractivity contribution >= 4 is 23.9 Å². The second-order valence-electron chi connectivity index (χ2n) is 9.07. The van der Waals surface area contributed by atoms with Crippen molar-refractivity contribution in [3.05, 3.63) is 0 Å². The van der Waals surface area contributed by atoms with E-state index in [4.69, 9.17) is 9.47 Å². The van der Waals surface area contributed by atoms with Gasteiger partial charge in [0.2, 0.25) is 0 Å². The van der Waals surface area contributed by atoms with E-state index in [0.29, 0.717) is 12.8 Å². The Morgan fingerprint density at radius 1 is 1.21 bits per heavy atom. The number of hydrogen-bond acceptors (Lipinski definition) is 6. The highest BCUT2D eigenvalue weighted by atomic mass is 16.6. The fourth-order valence-electron chi connectivity index (χ4n) is 5.04. The first kappa shape index (κ1) is 20.6. The van der Waals surface area contributed by atoms with Gasteiger partial charge in [-0.1, -0.05) is 6.92 Å². The Kier molecular flexibility index (Phi) is 5.42. The van der Waals surface area contributed by atoms with Crippen LogP contribution in [0.1, 0.15) is 52.9 Å². The third kappa shape index (κ3) is 3.61. The fraction of sp³-hybridized carbons (Fsp3) is 0.800. The minimum atomic E-state index is -1.21.